The first-order valence-electron chi connectivity index (χ1n) is 5.18. The first-order valence-corrected chi connectivity index (χ1v) is 5.18. The van der Waals surface area contributed by atoms with Gasteiger partial charge in [0.1, 0.15) is 11.9 Å². The highest BCUT2D eigenvalue weighted by Gasteiger charge is 2.21. The van der Waals surface area contributed by atoms with Crippen molar-refractivity contribution >= 4 is 5.82 Å². The molecule has 16 heavy (non-hydrogen) atoms. The molecule has 80 valence electrons. The van der Waals surface area contributed by atoms with Gasteiger partial charge in [-0.25, -0.2) is 4.98 Å². The number of imidazole rings is 1. The normalized spacial score (nSPS) is 13.9. The van der Waals surface area contributed by atoms with Crippen LogP contribution in [0.5, 0.6) is 0 Å². The summed E-state index contributed by atoms with van der Waals surface area (Å²) in [6.07, 6.45) is 2.64. The van der Waals surface area contributed by atoms with Crippen LogP contribution in [0.15, 0.2) is 22.8 Å². The van der Waals surface area contributed by atoms with Crippen LogP contribution in [0.2, 0.25) is 0 Å². The average molecular weight is 214 g/mol. The van der Waals surface area contributed by atoms with E-state index in [-0.39, 0.29) is 0 Å². The molecule has 1 N–H and O–H groups in total. The number of hydrogen-bond donors (Lipinski definition) is 1. The van der Waals surface area contributed by atoms with Crippen LogP contribution in [0, 0.1) is 11.3 Å². The first-order chi connectivity index (χ1) is 7.90. The van der Waals surface area contributed by atoms with Crippen LogP contribution in [0.1, 0.15) is 12.1 Å². The molecule has 1 aliphatic heterocycles. The Bertz CT molecular complexity index is 547. The largest absolute Gasteiger partial charge is 0.461 e. The Morgan fingerprint density at radius 2 is 2.50 bits per heavy atom. The monoisotopic (exact) mass is 214 g/mol. The summed E-state index contributed by atoms with van der Waals surface area (Å²) in [7, 11) is 0. The molecule has 0 fully saturated rings. The summed E-state index contributed by atoms with van der Waals surface area (Å²) in [5, 5.41) is 12.2. The van der Waals surface area contributed by atoms with Crippen LogP contribution in [0.4, 0.5) is 5.82 Å². The van der Waals surface area contributed by atoms with Crippen molar-refractivity contribution in [3.05, 3.63) is 24.1 Å². The second kappa shape index (κ2) is 3.42. The molecule has 2 aromatic heterocycles. The van der Waals surface area contributed by atoms with E-state index in [1.54, 1.807) is 6.26 Å². The highest BCUT2D eigenvalue weighted by molar-refractivity contribution is 5.60. The van der Waals surface area contributed by atoms with Crippen LogP contribution in [-0.2, 0) is 6.54 Å². The quantitative estimate of drug-likeness (QED) is 0.786. The van der Waals surface area contributed by atoms with Crippen molar-refractivity contribution in [2.24, 2.45) is 0 Å². The Hall–Kier alpha value is -2.22. The highest BCUT2D eigenvalue weighted by atomic mass is 16.3. The molecule has 0 saturated carbocycles. The SMILES string of the molecule is N#Cc1nc(-c2ccco2)n2c1NCCC2. The number of nitrogens with one attached hydrogen (secondary N) is 1. The molecule has 0 aliphatic carbocycles. The summed E-state index contributed by atoms with van der Waals surface area (Å²) in [6.45, 7) is 1.75. The highest BCUT2D eigenvalue weighted by Crippen LogP contribution is 2.28. The fourth-order valence-electron chi connectivity index (χ4n) is 1.97. The maximum atomic E-state index is 9.01. The van der Waals surface area contributed by atoms with Gasteiger partial charge in [0.25, 0.3) is 0 Å². The van der Waals surface area contributed by atoms with Crippen LogP contribution in [-0.4, -0.2) is 16.1 Å². The molecule has 0 unspecified atom stereocenters. The Labute approximate surface area is 92.3 Å². The molecule has 3 heterocycles. The molecular formula is C11H10N4O. The van der Waals surface area contributed by atoms with E-state index < -0.39 is 0 Å². The number of anilines is 1. The lowest BCUT2D eigenvalue weighted by Crippen LogP contribution is -2.17. The summed E-state index contributed by atoms with van der Waals surface area (Å²) < 4.78 is 7.32. The Kier molecular flexibility index (Phi) is 1.93. The Balaban J connectivity index is 2.20. The van der Waals surface area contributed by atoms with Gasteiger partial charge in [-0.15, -0.1) is 0 Å². The fourth-order valence-corrected chi connectivity index (χ4v) is 1.97. The van der Waals surface area contributed by atoms with E-state index in [0.29, 0.717) is 11.5 Å². The second-order valence-electron chi connectivity index (χ2n) is 3.65. The minimum atomic E-state index is 0.436. The van der Waals surface area contributed by atoms with E-state index in [9.17, 15) is 0 Å². The third kappa shape index (κ3) is 1.20. The molecule has 2 aromatic rings. The molecule has 0 spiro atoms. The van der Waals surface area contributed by atoms with Crippen LogP contribution in [0.3, 0.4) is 0 Å². The van der Waals surface area contributed by atoms with Crippen molar-refractivity contribution in [2.45, 2.75) is 13.0 Å². The summed E-state index contributed by atoms with van der Waals surface area (Å²) in [5.41, 5.74) is 0.436. The predicted molar refractivity (Wildman–Crippen MR) is 57.8 cm³/mol. The number of aromatic nitrogens is 2. The van der Waals surface area contributed by atoms with Crippen molar-refractivity contribution < 1.29 is 4.42 Å². The molecule has 0 aromatic carbocycles. The summed E-state index contributed by atoms with van der Waals surface area (Å²) in [6, 6.07) is 5.77. The summed E-state index contributed by atoms with van der Waals surface area (Å²) in [5.74, 6) is 2.23. The predicted octanol–water partition coefficient (Wildman–Crippen LogP) is 1.83. The van der Waals surface area contributed by atoms with Gasteiger partial charge in [0.05, 0.1) is 6.26 Å². The lowest BCUT2D eigenvalue weighted by Gasteiger charge is -2.17. The third-order valence-electron chi connectivity index (χ3n) is 2.67. The van der Waals surface area contributed by atoms with Crippen molar-refractivity contribution in [3.63, 3.8) is 0 Å². The molecule has 0 bridgehead atoms. The lowest BCUT2D eigenvalue weighted by molar-refractivity contribution is 0.561. The smallest absolute Gasteiger partial charge is 0.183 e. The molecule has 3 rings (SSSR count). The van der Waals surface area contributed by atoms with Crippen LogP contribution >= 0.6 is 0 Å². The minimum Gasteiger partial charge on any atom is -0.461 e. The Morgan fingerprint density at radius 3 is 3.25 bits per heavy atom. The fraction of sp³-hybridized carbons (Fsp3) is 0.273. The molecule has 5 heteroatoms. The molecule has 0 amide bonds. The van der Waals surface area contributed by atoms with Crippen molar-refractivity contribution in [3.8, 4) is 17.7 Å². The van der Waals surface area contributed by atoms with Gasteiger partial charge >= 0.3 is 0 Å². The van der Waals surface area contributed by atoms with Gasteiger partial charge in [-0.3, -0.25) is 0 Å². The third-order valence-corrected chi connectivity index (χ3v) is 2.67. The topological polar surface area (TPSA) is 66.8 Å². The lowest BCUT2D eigenvalue weighted by atomic mass is 10.3. The number of fused-ring (bicyclic) bond motifs is 1. The Morgan fingerprint density at radius 1 is 1.56 bits per heavy atom. The van der Waals surface area contributed by atoms with E-state index in [1.807, 2.05) is 16.7 Å². The maximum absolute atomic E-state index is 9.01. The van der Waals surface area contributed by atoms with Crippen molar-refractivity contribution in [1.82, 2.24) is 9.55 Å². The van der Waals surface area contributed by atoms with Crippen LogP contribution in [0.25, 0.3) is 11.6 Å². The van der Waals surface area contributed by atoms with E-state index in [0.717, 1.165) is 31.2 Å². The van der Waals surface area contributed by atoms with E-state index in [4.69, 9.17) is 9.68 Å². The van der Waals surface area contributed by atoms with Gasteiger partial charge in [0.2, 0.25) is 0 Å². The van der Waals surface area contributed by atoms with Gasteiger partial charge in [0.15, 0.2) is 17.3 Å². The zero-order valence-electron chi connectivity index (χ0n) is 8.60. The van der Waals surface area contributed by atoms with Crippen molar-refractivity contribution in [1.29, 1.82) is 5.26 Å². The van der Waals surface area contributed by atoms with Gasteiger partial charge in [-0.2, -0.15) is 5.26 Å². The number of nitriles is 1. The second-order valence-corrected chi connectivity index (χ2v) is 3.65. The minimum absolute atomic E-state index is 0.436. The van der Waals surface area contributed by atoms with Gasteiger partial charge in [0, 0.05) is 13.1 Å². The zero-order chi connectivity index (χ0) is 11.0. The molecule has 0 saturated heterocycles. The standard InChI is InChI=1S/C11H10N4O/c12-7-8-10-13-4-2-5-15(10)11(14-8)9-3-1-6-16-9/h1,3,6,13H,2,4-5H2. The average Bonchev–Trinajstić information content (AvgIpc) is 2.95. The molecular weight excluding hydrogens is 204 g/mol. The van der Waals surface area contributed by atoms with E-state index in [2.05, 4.69) is 16.4 Å². The van der Waals surface area contributed by atoms with Crippen LogP contribution < -0.4 is 5.32 Å². The van der Waals surface area contributed by atoms with Gasteiger partial charge in [-0.05, 0) is 18.6 Å². The number of hydrogen-bond acceptors (Lipinski definition) is 4. The van der Waals surface area contributed by atoms with Gasteiger partial charge < -0.3 is 14.3 Å². The molecule has 0 atom stereocenters. The van der Waals surface area contributed by atoms with Crippen molar-refractivity contribution in [2.75, 3.05) is 11.9 Å². The van der Waals surface area contributed by atoms with Gasteiger partial charge in [-0.1, -0.05) is 0 Å². The maximum Gasteiger partial charge on any atom is 0.183 e. The number of rotatable bonds is 1. The number of nitrogens with zero attached hydrogens (tertiary/aromatic N) is 3. The van der Waals surface area contributed by atoms with E-state index in [1.165, 1.54) is 0 Å². The zero-order valence-corrected chi connectivity index (χ0v) is 8.60. The summed E-state index contributed by atoms with van der Waals surface area (Å²) >= 11 is 0. The first kappa shape index (κ1) is 9.04. The number of furan rings is 1. The van der Waals surface area contributed by atoms with E-state index >= 15 is 0 Å². The molecule has 1 aliphatic rings. The molecule has 0 radical (unpaired) electrons. The summed E-state index contributed by atoms with van der Waals surface area (Å²) in [4.78, 5) is 4.30. The molecule has 5 nitrogen and oxygen atoms in total.